The number of ether oxygens (including phenoxy) is 2. The summed E-state index contributed by atoms with van der Waals surface area (Å²) in [5, 5.41) is 11.7. The Labute approximate surface area is 238 Å². The van der Waals surface area contributed by atoms with E-state index >= 15 is 0 Å². The number of anilines is 1. The Bertz CT molecular complexity index is 1440. The summed E-state index contributed by atoms with van der Waals surface area (Å²) in [5.74, 6) is -1.68. The Morgan fingerprint density at radius 1 is 1.12 bits per heavy atom. The Morgan fingerprint density at radius 2 is 1.85 bits per heavy atom. The molecule has 210 valence electrons. The largest absolute Gasteiger partial charge is 0.507 e. The Balaban J connectivity index is 1.85. The van der Waals surface area contributed by atoms with Crippen LogP contribution in [0.15, 0.2) is 54.1 Å². The summed E-state index contributed by atoms with van der Waals surface area (Å²) in [5.41, 5.74) is 2.42. The molecule has 1 N–H and O–H groups in total. The van der Waals surface area contributed by atoms with Crippen molar-refractivity contribution in [3.05, 3.63) is 81.4 Å². The fourth-order valence-corrected chi connectivity index (χ4v) is 5.49. The second-order valence-electron chi connectivity index (χ2n) is 9.85. The number of ketones is 1. The number of esters is 1. The van der Waals surface area contributed by atoms with Gasteiger partial charge in [0.1, 0.15) is 16.4 Å². The smallest absolute Gasteiger partial charge is 0.350 e. The first kappa shape index (κ1) is 29.0. The van der Waals surface area contributed by atoms with Gasteiger partial charge in [0.15, 0.2) is 5.13 Å². The van der Waals surface area contributed by atoms with Crippen LogP contribution in [0.4, 0.5) is 5.13 Å². The molecule has 40 heavy (non-hydrogen) atoms. The van der Waals surface area contributed by atoms with E-state index in [1.165, 1.54) is 4.90 Å². The normalized spacial score (nSPS) is 16.6. The molecule has 0 spiro atoms. The highest BCUT2D eigenvalue weighted by Crippen LogP contribution is 2.44. The molecule has 0 aliphatic carbocycles. The minimum absolute atomic E-state index is 0.0569. The van der Waals surface area contributed by atoms with E-state index in [9.17, 15) is 19.5 Å². The van der Waals surface area contributed by atoms with Gasteiger partial charge in [-0.3, -0.25) is 14.5 Å². The van der Waals surface area contributed by atoms with Crippen molar-refractivity contribution in [2.75, 3.05) is 18.1 Å². The number of aryl methyl sites for hydroxylation is 1. The van der Waals surface area contributed by atoms with E-state index in [4.69, 9.17) is 9.47 Å². The summed E-state index contributed by atoms with van der Waals surface area (Å²) in [6, 6.07) is 13.5. The van der Waals surface area contributed by atoms with Crippen LogP contribution in [0.2, 0.25) is 0 Å². The Morgan fingerprint density at radius 3 is 2.50 bits per heavy atom. The molecule has 1 unspecified atom stereocenters. The summed E-state index contributed by atoms with van der Waals surface area (Å²) >= 11 is 0.983. The zero-order valence-corrected chi connectivity index (χ0v) is 24.2. The number of aromatic nitrogens is 1. The number of carbonyl (C=O) groups excluding carboxylic acids is 3. The van der Waals surface area contributed by atoms with Gasteiger partial charge in [0.05, 0.1) is 30.5 Å². The van der Waals surface area contributed by atoms with Crippen LogP contribution < -0.4 is 9.64 Å². The summed E-state index contributed by atoms with van der Waals surface area (Å²) in [6.45, 7) is 10.3. The Hall–Kier alpha value is -3.98. The summed E-state index contributed by atoms with van der Waals surface area (Å²) in [4.78, 5) is 45.5. The SMILES string of the molecule is CCCCOc1cccc(C(O)=C2C(=O)C(=O)N(c3nc(C)c(C(=O)OCC)s3)C2c2ccc(C(C)C)cc2)c1. The average molecular weight is 563 g/mol. The lowest BCUT2D eigenvalue weighted by atomic mass is 9.93. The molecule has 2 heterocycles. The summed E-state index contributed by atoms with van der Waals surface area (Å²) in [7, 11) is 0. The van der Waals surface area contributed by atoms with Gasteiger partial charge < -0.3 is 14.6 Å². The van der Waals surface area contributed by atoms with Gasteiger partial charge in [-0.1, -0.05) is 74.9 Å². The van der Waals surface area contributed by atoms with E-state index in [0.717, 1.165) is 29.7 Å². The molecular formula is C31H34N2O6S. The van der Waals surface area contributed by atoms with E-state index in [2.05, 4.69) is 25.8 Å². The molecule has 1 amide bonds. The van der Waals surface area contributed by atoms with Gasteiger partial charge in [-0.05, 0) is 49.4 Å². The first-order valence-corrected chi connectivity index (χ1v) is 14.3. The fraction of sp³-hybridized carbons (Fsp3) is 0.355. The first-order chi connectivity index (χ1) is 19.2. The van der Waals surface area contributed by atoms with Gasteiger partial charge in [-0.25, -0.2) is 9.78 Å². The van der Waals surface area contributed by atoms with E-state index in [0.29, 0.717) is 29.2 Å². The summed E-state index contributed by atoms with van der Waals surface area (Å²) in [6.07, 6.45) is 1.86. The molecule has 1 aliphatic rings. The third kappa shape index (κ3) is 5.79. The highest BCUT2D eigenvalue weighted by Gasteiger charge is 2.48. The van der Waals surface area contributed by atoms with Gasteiger partial charge in [-0.15, -0.1) is 0 Å². The van der Waals surface area contributed by atoms with Gasteiger partial charge in [0, 0.05) is 5.56 Å². The number of rotatable bonds is 10. The van der Waals surface area contributed by atoms with Crippen molar-refractivity contribution in [3.63, 3.8) is 0 Å². The van der Waals surface area contributed by atoms with Gasteiger partial charge in [0.25, 0.3) is 5.78 Å². The lowest BCUT2D eigenvalue weighted by Crippen LogP contribution is -2.29. The molecule has 1 aliphatic heterocycles. The lowest BCUT2D eigenvalue weighted by molar-refractivity contribution is -0.132. The van der Waals surface area contributed by atoms with Crippen LogP contribution in [0.3, 0.4) is 0 Å². The van der Waals surface area contributed by atoms with Crippen molar-refractivity contribution >= 4 is 39.9 Å². The van der Waals surface area contributed by atoms with Gasteiger partial charge >= 0.3 is 11.9 Å². The number of carbonyl (C=O) groups is 3. The van der Waals surface area contributed by atoms with Crippen LogP contribution in [0, 0.1) is 6.92 Å². The van der Waals surface area contributed by atoms with Crippen LogP contribution >= 0.6 is 11.3 Å². The maximum Gasteiger partial charge on any atom is 0.350 e. The zero-order chi connectivity index (χ0) is 29.0. The number of aliphatic hydroxyl groups excluding tert-OH is 1. The van der Waals surface area contributed by atoms with E-state index in [1.807, 2.05) is 24.3 Å². The predicted octanol–water partition coefficient (Wildman–Crippen LogP) is 6.56. The number of amides is 1. The van der Waals surface area contributed by atoms with Gasteiger partial charge in [-0.2, -0.15) is 0 Å². The maximum atomic E-state index is 13.5. The molecule has 8 nitrogen and oxygen atoms in total. The number of aliphatic hydroxyl groups is 1. The number of thiazole rings is 1. The lowest BCUT2D eigenvalue weighted by Gasteiger charge is -2.23. The topological polar surface area (TPSA) is 106 Å². The molecule has 9 heteroatoms. The van der Waals surface area contributed by atoms with E-state index < -0.39 is 23.7 Å². The van der Waals surface area contributed by atoms with Crippen molar-refractivity contribution in [1.82, 2.24) is 4.98 Å². The highest BCUT2D eigenvalue weighted by atomic mass is 32.1. The molecule has 1 atom stereocenters. The molecule has 0 radical (unpaired) electrons. The second-order valence-corrected chi connectivity index (χ2v) is 10.8. The molecule has 2 aromatic carbocycles. The van der Waals surface area contributed by atoms with Crippen LogP contribution in [-0.2, 0) is 14.3 Å². The first-order valence-electron chi connectivity index (χ1n) is 13.5. The number of benzene rings is 2. The summed E-state index contributed by atoms with van der Waals surface area (Å²) < 4.78 is 10.9. The number of nitrogens with zero attached hydrogens (tertiary/aromatic N) is 2. The second kappa shape index (κ2) is 12.5. The third-order valence-corrected chi connectivity index (χ3v) is 7.83. The van der Waals surface area contributed by atoms with Gasteiger partial charge in [0.2, 0.25) is 0 Å². The van der Waals surface area contributed by atoms with E-state index in [-0.39, 0.29) is 33.9 Å². The van der Waals surface area contributed by atoms with Crippen molar-refractivity contribution in [1.29, 1.82) is 0 Å². The number of unbranched alkanes of at least 4 members (excludes halogenated alkanes) is 1. The molecule has 4 rings (SSSR count). The minimum atomic E-state index is -0.952. The standard InChI is InChI=1S/C31H34N2O6S/c1-6-8-16-39-23-11-9-10-22(17-23)26(34)24-25(21-14-12-20(13-15-21)18(3)4)33(29(36)27(24)35)31-32-19(5)28(40-31)30(37)38-7-2/h9-15,17-18,25,34H,6-8,16H2,1-5H3. The van der Waals surface area contributed by atoms with Crippen molar-refractivity contribution < 1.29 is 29.0 Å². The number of Topliss-reactive ketones (excluding diaryl/α,β-unsaturated/α-hetero) is 1. The molecular weight excluding hydrogens is 528 g/mol. The van der Waals surface area contributed by atoms with Crippen LogP contribution in [0.5, 0.6) is 5.75 Å². The third-order valence-electron chi connectivity index (χ3n) is 6.69. The van der Waals surface area contributed by atoms with Crippen LogP contribution in [-0.4, -0.2) is 41.0 Å². The van der Waals surface area contributed by atoms with Crippen molar-refractivity contribution in [3.8, 4) is 5.75 Å². The number of hydrogen-bond acceptors (Lipinski definition) is 8. The maximum absolute atomic E-state index is 13.5. The number of hydrogen-bond donors (Lipinski definition) is 1. The van der Waals surface area contributed by atoms with Crippen molar-refractivity contribution in [2.45, 2.75) is 59.4 Å². The van der Waals surface area contributed by atoms with E-state index in [1.54, 1.807) is 38.1 Å². The minimum Gasteiger partial charge on any atom is -0.507 e. The average Bonchev–Trinajstić information content (AvgIpc) is 3.45. The molecule has 1 fully saturated rings. The predicted molar refractivity (Wildman–Crippen MR) is 155 cm³/mol. The highest BCUT2D eigenvalue weighted by molar-refractivity contribution is 7.17. The monoisotopic (exact) mass is 562 g/mol. The Kier molecular flexibility index (Phi) is 9.04. The molecule has 1 saturated heterocycles. The van der Waals surface area contributed by atoms with Crippen LogP contribution in [0.1, 0.15) is 84.6 Å². The van der Waals surface area contributed by atoms with Crippen LogP contribution in [0.25, 0.3) is 5.76 Å². The van der Waals surface area contributed by atoms with Crippen molar-refractivity contribution in [2.24, 2.45) is 0 Å². The molecule has 3 aromatic rings. The molecule has 1 aromatic heterocycles. The molecule has 0 saturated carbocycles. The molecule has 0 bridgehead atoms. The zero-order valence-electron chi connectivity index (χ0n) is 23.4. The fourth-order valence-electron chi connectivity index (χ4n) is 4.50. The quantitative estimate of drug-likeness (QED) is 0.0981.